The van der Waals surface area contributed by atoms with Crippen molar-refractivity contribution in [2.45, 2.75) is 19.2 Å². The van der Waals surface area contributed by atoms with Crippen LogP contribution in [0.1, 0.15) is 27.6 Å². The third-order valence-corrected chi connectivity index (χ3v) is 4.02. The van der Waals surface area contributed by atoms with Crippen LogP contribution in [0.5, 0.6) is 11.5 Å². The lowest BCUT2D eigenvalue weighted by atomic mass is 9.96. The molecule has 0 aromatic heterocycles. The number of rotatable bonds is 4. The third kappa shape index (κ3) is 3.13. The lowest BCUT2D eigenvalue weighted by molar-refractivity contribution is 0.354. The molecule has 1 unspecified atom stereocenters. The Morgan fingerprint density at radius 2 is 1.48 bits per heavy atom. The fourth-order valence-corrected chi connectivity index (χ4v) is 2.84. The van der Waals surface area contributed by atoms with Gasteiger partial charge >= 0.3 is 0 Å². The molecule has 0 saturated heterocycles. The smallest absolute Gasteiger partial charge is 0.161 e. The first-order valence-corrected chi connectivity index (χ1v) is 7.04. The van der Waals surface area contributed by atoms with E-state index >= 15 is 0 Å². The van der Waals surface area contributed by atoms with Crippen LogP contribution in [0, 0.1) is 19.7 Å². The van der Waals surface area contributed by atoms with E-state index in [-0.39, 0.29) is 11.2 Å². The van der Waals surface area contributed by atoms with E-state index in [1.165, 1.54) is 12.1 Å². The topological polar surface area (TPSA) is 18.5 Å². The molecule has 2 rings (SSSR count). The fourth-order valence-electron chi connectivity index (χ4n) is 2.36. The van der Waals surface area contributed by atoms with Crippen LogP contribution in [0.3, 0.4) is 0 Å². The van der Waals surface area contributed by atoms with Gasteiger partial charge in [-0.3, -0.25) is 0 Å². The van der Waals surface area contributed by atoms with Gasteiger partial charge in [-0.05, 0) is 60.4 Å². The maximum absolute atomic E-state index is 13.2. The molecule has 0 spiro atoms. The number of alkyl halides is 1. The van der Waals surface area contributed by atoms with Crippen LogP contribution in [-0.4, -0.2) is 14.2 Å². The number of hydrogen-bond acceptors (Lipinski definition) is 2. The Kier molecular flexibility index (Phi) is 4.73. The summed E-state index contributed by atoms with van der Waals surface area (Å²) in [5, 5.41) is -0.370. The average molecular weight is 309 g/mol. The van der Waals surface area contributed by atoms with Gasteiger partial charge in [-0.15, -0.1) is 11.6 Å². The van der Waals surface area contributed by atoms with Crippen molar-refractivity contribution in [1.29, 1.82) is 0 Å². The first-order valence-electron chi connectivity index (χ1n) is 6.60. The van der Waals surface area contributed by atoms with Crippen molar-refractivity contribution in [1.82, 2.24) is 0 Å². The van der Waals surface area contributed by atoms with E-state index in [0.717, 1.165) is 22.3 Å². The van der Waals surface area contributed by atoms with Gasteiger partial charge in [0.1, 0.15) is 5.82 Å². The van der Waals surface area contributed by atoms with Crippen molar-refractivity contribution in [3.8, 4) is 11.5 Å². The van der Waals surface area contributed by atoms with Crippen LogP contribution in [0.15, 0.2) is 30.3 Å². The molecular formula is C17H18ClFO2. The second-order valence-corrected chi connectivity index (χ2v) is 5.36. The van der Waals surface area contributed by atoms with E-state index in [9.17, 15) is 4.39 Å². The molecule has 1 atom stereocenters. The number of methoxy groups -OCH3 is 2. The molecule has 0 heterocycles. The predicted molar refractivity (Wildman–Crippen MR) is 83.1 cm³/mol. The van der Waals surface area contributed by atoms with Crippen molar-refractivity contribution in [3.05, 3.63) is 58.4 Å². The van der Waals surface area contributed by atoms with Crippen molar-refractivity contribution >= 4 is 11.6 Å². The summed E-state index contributed by atoms with van der Waals surface area (Å²) < 4.78 is 23.8. The maximum Gasteiger partial charge on any atom is 0.161 e. The molecule has 2 aromatic rings. The number of aryl methyl sites for hydroxylation is 2. The quantitative estimate of drug-likeness (QED) is 0.756. The van der Waals surface area contributed by atoms with Gasteiger partial charge in [0.15, 0.2) is 11.5 Å². The minimum atomic E-state index is -0.370. The average Bonchev–Trinajstić information content (AvgIpc) is 2.46. The van der Waals surface area contributed by atoms with Crippen molar-refractivity contribution in [3.63, 3.8) is 0 Å². The molecule has 0 amide bonds. The molecule has 4 heteroatoms. The highest BCUT2D eigenvalue weighted by Gasteiger charge is 2.18. The second kappa shape index (κ2) is 6.35. The van der Waals surface area contributed by atoms with E-state index in [4.69, 9.17) is 21.1 Å². The lowest BCUT2D eigenvalue weighted by Gasteiger charge is -2.18. The van der Waals surface area contributed by atoms with Gasteiger partial charge in [0, 0.05) is 0 Å². The Morgan fingerprint density at radius 3 is 2.05 bits per heavy atom. The first kappa shape index (κ1) is 15.6. The molecule has 112 valence electrons. The Bertz CT molecular complexity index is 655. The number of halogens is 2. The molecule has 0 radical (unpaired) electrons. The molecule has 0 bridgehead atoms. The number of benzene rings is 2. The molecule has 21 heavy (non-hydrogen) atoms. The summed E-state index contributed by atoms with van der Waals surface area (Å²) in [7, 11) is 3.18. The van der Waals surface area contributed by atoms with E-state index in [1.54, 1.807) is 20.3 Å². The third-order valence-electron chi connectivity index (χ3n) is 3.55. The second-order valence-electron chi connectivity index (χ2n) is 4.93. The van der Waals surface area contributed by atoms with Crippen LogP contribution in [0.2, 0.25) is 0 Å². The number of ether oxygens (including phenoxy) is 2. The van der Waals surface area contributed by atoms with Crippen LogP contribution in [-0.2, 0) is 0 Å². The van der Waals surface area contributed by atoms with Crippen molar-refractivity contribution in [2.75, 3.05) is 14.2 Å². The summed E-state index contributed by atoms with van der Waals surface area (Å²) in [5.74, 6) is 1.03. The zero-order valence-corrected chi connectivity index (χ0v) is 13.3. The van der Waals surface area contributed by atoms with Gasteiger partial charge in [-0.2, -0.15) is 0 Å². The van der Waals surface area contributed by atoms with Crippen molar-refractivity contribution in [2.24, 2.45) is 0 Å². The van der Waals surface area contributed by atoms with Crippen LogP contribution < -0.4 is 9.47 Å². The highest BCUT2D eigenvalue weighted by Crippen LogP contribution is 2.38. The highest BCUT2D eigenvalue weighted by atomic mass is 35.5. The molecule has 0 N–H and O–H groups in total. The van der Waals surface area contributed by atoms with E-state index in [1.807, 2.05) is 26.0 Å². The zero-order valence-electron chi connectivity index (χ0n) is 12.5. The molecule has 0 fully saturated rings. The largest absolute Gasteiger partial charge is 0.493 e. The Morgan fingerprint density at radius 1 is 0.905 bits per heavy atom. The van der Waals surface area contributed by atoms with Crippen molar-refractivity contribution < 1.29 is 13.9 Å². The summed E-state index contributed by atoms with van der Waals surface area (Å²) in [5.41, 5.74) is 3.62. The molecule has 0 aliphatic heterocycles. The van der Waals surface area contributed by atoms with Gasteiger partial charge in [0.05, 0.1) is 19.6 Å². The Balaban J connectivity index is 2.50. The van der Waals surface area contributed by atoms with Gasteiger partial charge in [-0.1, -0.05) is 6.07 Å². The molecule has 0 saturated carbocycles. The molecule has 0 aliphatic carbocycles. The zero-order chi connectivity index (χ0) is 15.6. The number of hydrogen-bond donors (Lipinski definition) is 0. The molecule has 0 aliphatic rings. The summed E-state index contributed by atoms with van der Waals surface area (Å²) in [6.45, 7) is 3.81. The monoisotopic (exact) mass is 308 g/mol. The fraction of sp³-hybridized carbons (Fsp3) is 0.294. The lowest BCUT2D eigenvalue weighted by Crippen LogP contribution is -2.01. The highest BCUT2D eigenvalue weighted by molar-refractivity contribution is 6.22. The summed E-state index contributed by atoms with van der Waals surface area (Å²) in [6.07, 6.45) is 0. The van der Waals surface area contributed by atoms with E-state index < -0.39 is 0 Å². The molecular weight excluding hydrogens is 291 g/mol. The Labute approximate surface area is 129 Å². The summed E-state index contributed by atoms with van der Waals surface area (Å²) in [4.78, 5) is 0. The normalized spacial score (nSPS) is 12.1. The molecule has 2 nitrogen and oxygen atoms in total. The van der Waals surface area contributed by atoms with Gasteiger partial charge < -0.3 is 9.47 Å². The summed E-state index contributed by atoms with van der Waals surface area (Å²) >= 11 is 6.60. The van der Waals surface area contributed by atoms with Gasteiger partial charge in [0.2, 0.25) is 0 Å². The Hall–Kier alpha value is -1.74. The van der Waals surface area contributed by atoms with Gasteiger partial charge in [-0.25, -0.2) is 4.39 Å². The first-order chi connectivity index (χ1) is 9.97. The molecule has 2 aromatic carbocycles. The van der Waals surface area contributed by atoms with E-state index in [0.29, 0.717) is 11.5 Å². The standard InChI is InChI=1S/C17H18ClFO2/c1-10-7-12(19)5-6-13(10)17(18)14-9-16(21-4)15(20-3)8-11(14)2/h5-9,17H,1-4H3. The van der Waals surface area contributed by atoms with Gasteiger partial charge in [0.25, 0.3) is 0 Å². The maximum atomic E-state index is 13.2. The minimum Gasteiger partial charge on any atom is -0.493 e. The summed E-state index contributed by atoms with van der Waals surface area (Å²) in [6, 6.07) is 8.39. The van der Waals surface area contributed by atoms with Crippen LogP contribution in [0.4, 0.5) is 4.39 Å². The van der Waals surface area contributed by atoms with Crippen LogP contribution in [0.25, 0.3) is 0 Å². The van der Waals surface area contributed by atoms with Crippen LogP contribution >= 0.6 is 11.6 Å². The SMILES string of the molecule is COc1cc(C)c(C(Cl)c2ccc(F)cc2C)cc1OC. The van der Waals surface area contributed by atoms with E-state index in [2.05, 4.69) is 0 Å². The minimum absolute atomic E-state index is 0.260. The predicted octanol–water partition coefficient (Wildman–Crippen LogP) is 4.79.